The van der Waals surface area contributed by atoms with Crippen LogP contribution in [0.15, 0.2) is 18.2 Å². The Morgan fingerprint density at radius 1 is 1.50 bits per heavy atom. The third-order valence-corrected chi connectivity index (χ3v) is 3.39. The van der Waals surface area contributed by atoms with Gasteiger partial charge in [0.15, 0.2) is 0 Å². The lowest BCUT2D eigenvalue weighted by atomic mass is 10.1. The monoisotopic (exact) mass is 266 g/mol. The van der Waals surface area contributed by atoms with Gasteiger partial charge in [-0.3, -0.25) is 4.79 Å². The van der Waals surface area contributed by atoms with Gasteiger partial charge < -0.3 is 10.2 Å². The van der Waals surface area contributed by atoms with Gasteiger partial charge in [-0.1, -0.05) is 11.6 Å². The first kappa shape index (κ1) is 13.2. The Balaban J connectivity index is 2.18. The molecular weight excluding hydrogens is 248 g/mol. The van der Waals surface area contributed by atoms with Crippen molar-refractivity contribution in [3.63, 3.8) is 0 Å². The first-order valence-electron chi connectivity index (χ1n) is 6.40. The van der Waals surface area contributed by atoms with Gasteiger partial charge in [-0.2, -0.15) is 0 Å². The van der Waals surface area contributed by atoms with Crippen molar-refractivity contribution in [2.75, 3.05) is 25.5 Å². The zero-order valence-corrected chi connectivity index (χ0v) is 11.6. The van der Waals surface area contributed by atoms with Gasteiger partial charge >= 0.3 is 0 Å². The molecule has 0 heterocycles. The Morgan fingerprint density at radius 3 is 2.83 bits per heavy atom. The minimum atomic E-state index is 0.0420. The largest absolute Gasteiger partial charge is 0.385 e. The Morgan fingerprint density at radius 2 is 2.22 bits per heavy atom. The van der Waals surface area contributed by atoms with Crippen molar-refractivity contribution < 1.29 is 4.79 Å². The lowest BCUT2D eigenvalue weighted by Crippen LogP contribution is -2.29. The summed E-state index contributed by atoms with van der Waals surface area (Å²) in [5.41, 5.74) is 1.52. The van der Waals surface area contributed by atoms with E-state index in [2.05, 4.69) is 5.32 Å². The number of hydrogen-bond acceptors (Lipinski definition) is 2. The second kappa shape index (κ2) is 5.61. The first-order valence-corrected chi connectivity index (χ1v) is 6.78. The Labute approximate surface area is 113 Å². The predicted octanol–water partition coefficient (Wildman–Crippen LogP) is 3.25. The normalized spacial score (nSPS) is 14.4. The standard InChI is InChI=1S/C14H19ClN2O/c1-3-16-13-7-6-11(15)8-12(13)14(18)17(2)9-10-4-5-10/h6-8,10,16H,3-5,9H2,1-2H3. The van der Waals surface area contributed by atoms with Crippen molar-refractivity contribution in [2.45, 2.75) is 19.8 Å². The summed E-state index contributed by atoms with van der Waals surface area (Å²) in [4.78, 5) is 14.2. The maximum atomic E-state index is 12.4. The quantitative estimate of drug-likeness (QED) is 0.887. The number of carbonyl (C=O) groups is 1. The molecule has 0 radical (unpaired) electrons. The molecule has 0 atom stereocenters. The SMILES string of the molecule is CCNc1ccc(Cl)cc1C(=O)N(C)CC1CC1. The fraction of sp³-hybridized carbons (Fsp3) is 0.500. The molecule has 0 saturated heterocycles. The number of nitrogens with one attached hydrogen (secondary N) is 1. The second-order valence-corrected chi connectivity index (χ2v) is 5.29. The van der Waals surface area contributed by atoms with Gasteiger partial charge in [-0.25, -0.2) is 0 Å². The third kappa shape index (κ3) is 3.16. The number of carbonyl (C=O) groups excluding carboxylic acids is 1. The van der Waals surface area contributed by atoms with Gasteiger partial charge in [0.25, 0.3) is 5.91 Å². The molecule has 1 N–H and O–H groups in total. The van der Waals surface area contributed by atoms with Gasteiger partial charge in [-0.05, 0) is 43.9 Å². The zero-order chi connectivity index (χ0) is 13.1. The van der Waals surface area contributed by atoms with Crippen LogP contribution in [0.1, 0.15) is 30.1 Å². The van der Waals surface area contributed by atoms with E-state index >= 15 is 0 Å². The average molecular weight is 267 g/mol. The number of rotatable bonds is 5. The number of hydrogen-bond donors (Lipinski definition) is 1. The highest BCUT2D eigenvalue weighted by molar-refractivity contribution is 6.31. The Hall–Kier alpha value is -1.22. The summed E-state index contributed by atoms with van der Waals surface area (Å²) in [7, 11) is 1.86. The number of amides is 1. The molecule has 0 bridgehead atoms. The molecule has 1 saturated carbocycles. The van der Waals surface area contributed by atoms with E-state index in [9.17, 15) is 4.79 Å². The van der Waals surface area contributed by atoms with Gasteiger partial charge in [0.1, 0.15) is 0 Å². The summed E-state index contributed by atoms with van der Waals surface area (Å²) in [6, 6.07) is 5.41. The molecule has 0 aromatic heterocycles. The van der Waals surface area contributed by atoms with Crippen molar-refractivity contribution in [3.05, 3.63) is 28.8 Å². The molecular formula is C14H19ClN2O. The van der Waals surface area contributed by atoms with Crippen LogP contribution in [0, 0.1) is 5.92 Å². The van der Waals surface area contributed by atoms with E-state index in [0.717, 1.165) is 18.8 Å². The molecule has 1 aromatic carbocycles. The van der Waals surface area contributed by atoms with E-state index in [1.807, 2.05) is 20.0 Å². The van der Waals surface area contributed by atoms with E-state index in [1.54, 1.807) is 17.0 Å². The molecule has 2 rings (SSSR count). The summed E-state index contributed by atoms with van der Waals surface area (Å²) < 4.78 is 0. The molecule has 1 fully saturated rings. The first-order chi connectivity index (χ1) is 8.61. The lowest BCUT2D eigenvalue weighted by molar-refractivity contribution is 0.0789. The van der Waals surface area contributed by atoms with Crippen molar-refractivity contribution in [2.24, 2.45) is 5.92 Å². The molecule has 0 unspecified atom stereocenters. The highest BCUT2D eigenvalue weighted by Gasteiger charge is 2.26. The fourth-order valence-electron chi connectivity index (χ4n) is 2.01. The fourth-order valence-corrected chi connectivity index (χ4v) is 2.19. The van der Waals surface area contributed by atoms with Crippen LogP contribution in [-0.2, 0) is 0 Å². The number of benzene rings is 1. The minimum Gasteiger partial charge on any atom is -0.385 e. The molecule has 1 aliphatic rings. The maximum Gasteiger partial charge on any atom is 0.255 e. The van der Waals surface area contributed by atoms with Crippen LogP contribution in [0.25, 0.3) is 0 Å². The number of halogens is 1. The minimum absolute atomic E-state index is 0.0420. The summed E-state index contributed by atoms with van der Waals surface area (Å²) in [6.45, 7) is 3.64. The predicted molar refractivity (Wildman–Crippen MR) is 75.3 cm³/mol. The summed E-state index contributed by atoms with van der Waals surface area (Å²) in [5, 5.41) is 3.80. The van der Waals surface area contributed by atoms with Crippen molar-refractivity contribution >= 4 is 23.2 Å². The average Bonchev–Trinajstić information content (AvgIpc) is 3.14. The van der Waals surface area contributed by atoms with E-state index in [0.29, 0.717) is 16.5 Å². The maximum absolute atomic E-state index is 12.4. The summed E-state index contributed by atoms with van der Waals surface area (Å²) in [6.07, 6.45) is 2.49. The Bertz CT molecular complexity index is 443. The van der Waals surface area contributed by atoms with Crippen molar-refractivity contribution in [1.82, 2.24) is 4.90 Å². The summed E-state index contributed by atoms with van der Waals surface area (Å²) >= 11 is 5.99. The number of anilines is 1. The third-order valence-electron chi connectivity index (χ3n) is 3.15. The highest BCUT2D eigenvalue weighted by atomic mass is 35.5. The molecule has 1 aliphatic carbocycles. The zero-order valence-electron chi connectivity index (χ0n) is 10.9. The van der Waals surface area contributed by atoms with Gasteiger partial charge in [-0.15, -0.1) is 0 Å². The molecule has 1 aromatic rings. The van der Waals surface area contributed by atoms with Crippen LogP contribution in [0.3, 0.4) is 0 Å². The number of nitrogens with zero attached hydrogens (tertiary/aromatic N) is 1. The lowest BCUT2D eigenvalue weighted by Gasteiger charge is -2.19. The van der Waals surface area contributed by atoms with Crippen LogP contribution in [0.5, 0.6) is 0 Å². The van der Waals surface area contributed by atoms with Crippen LogP contribution in [0.2, 0.25) is 5.02 Å². The summed E-state index contributed by atoms with van der Waals surface area (Å²) in [5.74, 6) is 0.737. The molecule has 1 amide bonds. The second-order valence-electron chi connectivity index (χ2n) is 4.85. The van der Waals surface area contributed by atoms with E-state index < -0.39 is 0 Å². The van der Waals surface area contributed by atoms with Crippen molar-refractivity contribution in [3.8, 4) is 0 Å². The van der Waals surface area contributed by atoms with Gasteiger partial charge in [0.05, 0.1) is 5.56 Å². The van der Waals surface area contributed by atoms with Crippen LogP contribution >= 0.6 is 11.6 Å². The molecule has 0 spiro atoms. The highest BCUT2D eigenvalue weighted by Crippen LogP contribution is 2.30. The molecule has 4 heteroatoms. The van der Waals surface area contributed by atoms with Crippen LogP contribution in [-0.4, -0.2) is 30.9 Å². The van der Waals surface area contributed by atoms with Gasteiger partial charge in [0.2, 0.25) is 0 Å². The van der Waals surface area contributed by atoms with E-state index in [1.165, 1.54) is 12.8 Å². The van der Waals surface area contributed by atoms with Crippen molar-refractivity contribution in [1.29, 1.82) is 0 Å². The Kier molecular flexibility index (Phi) is 4.12. The van der Waals surface area contributed by atoms with Crippen LogP contribution < -0.4 is 5.32 Å². The molecule has 3 nitrogen and oxygen atoms in total. The topological polar surface area (TPSA) is 32.3 Å². The molecule has 18 heavy (non-hydrogen) atoms. The van der Waals surface area contributed by atoms with E-state index in [-0.39, 0.29) is 5.91 Å². The smallest absolute Gasteiger partial charge is 0.255 e. The molecule has 0 aliphatic heterocycles. The van der Waals surface area contributed by atoms with E-state index in [4.69, 9.17) is 11.6 Å². The molecule has 98 valence electrons. The van der Waals surface area contributed by atoms with Crippen LogP contribution in [0.4, 0.5) is 5.69 Å². The van der Waals surface area contributed by atoms with Gasteiger partial charge in [0, 0.05) is 30.8 Å².